The van der Waals surface area contributed by atoms with Crippen LogP contribution in [-0.2, 0) is 16.6 Å². The molecule has 0 atom stereocenters. The van der Waals surface area contributed by atoms with Crippen molar-refractivity contribution in [1.82, 2.24) is 19.9 Å². The molecular formula is C14H11FN4O3S. The predicted octanol–water partition coefficient (Wildman–Crippen LogP) is 1.75. The van der Waals surface area contributed by atoms with Gasteiger partial charge in [-0.2, -0.15) is 0 Å². The molecule has 0 aliphatic rings. The molecule has 1 N–H and O–H groups in total. The van der Waals surface area contributed by atoms with E-state index in [9.17, 15) is 12.8 Å². The summed E-state index contributed by atoms with van der Waals surface area (Å²) in [5, 5.41) is 7.62. The Kier molecular flexibility index (Phi) is 4.13. The molecule has 0 saturated heterocycles. The molecule has 118 valence electrons. The molecule has 0 unspecified atom stereocenters. The van der Waals surface area contributed by atoms with Gasteiger partial charge in [0.1, 0.15) is 5.82 Å². The quantitative estimate of drug-likeness (QED) is 0.763. The first kappa shape index (κ1) is 15.3. The van der Waals surface area contributed by atoms with Crippen molar-refractivity contribution in [3.05, 3.63) is 60.5 Å². The molecule has 0 spiro atoms. The minimum absolute atomic E-state index is 0.0484. The van der Waals surface area contributed by atoms with Crippen LogP contribution in [0.2, 0.25) is 0 Å². The highest BCUT2D eigenvalue weighted by Crippen LogP contribution is 2.16. The van der Waals surface area contributed by atoms with E-state index in [1.165, 1.54) is 12.1 Å². The number of halogens is 1. The largest absolute Gasteiger partial charge is 0.419 e. The van der Waals surface area contributed by atoms with E-state index in [0.29, 0.717) is 5.56 Å². The first-order valence-electron chi connectivity index (χ1n) is 6.52. The van der Waals surface area contributed by atoms with Crippen molar-refractivity contribution in [3.8, 4) is 11.5 Å². The van der Waals surface area contributed by atoms with Gasteiger partial charge in [-0.25, -0.2) is 17.5 Å². The number of aromatic nitrogens is 3. The van der Waals surface area contributed by atoms with Crippen LogP contribution in [0.25, 0.3) is 11.5 Å². The van der Waals surface area contributed by atoms with Gasteiger partial charge in [-0.15, -0.1) is 10.2 Å². The second-order valence-electron chi connectivity index (χ2n) is 4.52. The highest BCUT2D eigenvalue weighted by atomic mass is 32.2. The molecule has 0 fully saturated rings. The molecule has 23 heavy (non-hydrogen) atoms. The number of hydrogen-bond donors (Lipinski definition) is 1. The third kappa shape index (κ3) is 3.58. The van der Waals surface area contributed by atoms with Crippen molar-refractivity contribution in [2.24, 2.45) is 0 Å². The number of rotatable bonds is 5. The summed E-state index contributed by atoms with van der Waals surface area (Å²) in [7, 11) is -3.79. The van der Waals surface area contributed by atoms with Crippen molar-refractivity contribution < 1.29 is 17.2 Å². The summed E-state index contributed by atoms with van der Waals surface area (Å²) < 4.78 is 44.7. The van der Waals surface area contributed by atoms with Crippen LogP contribution in [0.1, 0.15) is 5.89 Å². The molecule has 3 rings (SSSR count). The topological polar surface area (TPSA) is 98.0 Å². The number of sulfonamides is 1. The van der Waals surface area contributed by atoms with E-state index < -0.39 is 15.8 Å². The summed E-state index contributed by atoms with van der Waals surface area (Å²) >= 11 is 0. The van der Waals surface area contributed by atoms with Crippen LogP contribution in [0.15, 0.2) is 58.1 Å². The second kappa shape index (κ2) is 6.23. The van der Waals surface area contributed by atoms with E-state index in [2.05, 4.69) is 19.9 Å². The van der Waals surface area contributed by atoms with E-state index in [-0.39, 0.29) is 23.2 Å². The summed E-state index contributed by atoms with van der Waals surface area (Å²) in [6.45, 7) is -0.169. The van der Waals surface area contributed by atoms with Crippen molar-refractivity contribution in [3.63, 3.8) is 0 Å². The lowest BCUT2D eigenvalue weighted by Crippen LogP contribution is -2.23. The lowest BCUT2D eigenvalue weighted by molar-refractivity contribution is 0.494. The second-order valence-corrected chi connectivity index (χ2v) is 6.28. The third-order valence-electron chi connectivity index (χ3n) is 2.93. The highest BCUT2D eigenvalue weighted by Gasteiger charge is 2.16. The van der Waals surface area contributed by atoms with Crippen LogP contribution in [-0.4, -0.2) is 23.6 Å². The van der Waals surface area contributed by atoms with E-state index >= 15 is 0 Å². The van der Waals surface area contributed by atoms with E-state index in [0.717, 1.165) is 12.1 Å². The average Bonchev–Trinajstić information content (AvgIpc) is 3.03. The smallest absolute Gasteiger partial charge is 0.247 e. The number of benzene rings is 1. The molecule has 0 bridgehead atoms. The van der Waals surface area contributed by atoms with Crippen molar-refractivity contribution in [2.45, 2.75) is 11.4 Å². The summed E-state index contributed by atoms with van der Waals surface area (Å²) in [5.41, 5.74) is 0.681. The molecule has 0 aliphatic heterocycles. The average molecular weight is 334 g/mol. The molecule has 2 aromatic heterocycles. The molecule has 0 radical (unpaired) electrons. The van der Waals surface area contributed by atoms with E-state index in [1.807, 2.05) is 0 Å². The van der Waals surface area contributed by atoms with Gasteiger partial charge in [0.2, 0.25) is 21.8 Å². The first-order valence-corrected chi connectivity index (χ1v) is 8.01. The molecule has 3 aromatic rings. The van der Waals surface area contributed by atoms with Gasteiger partial charge in [-0.3, -0.25) is 4.98 Å². The van der Waals surface area contributed by atoms with Gasteiger partial charge in [0.15, 0.2) is 0 Å². The van der Waals surface area contributed by atoms with Crippen molar-refractivity contribution >= 4 is 10.0 Å². The van der Waals surface area contributed by atoms with Crippen molar-refractivity contribution in [2.75, 3.05) is 0 Å². The zero-order chi connectivity index (χ0) is 16.3. The lowest BCUT2D eigenvalue weighted by Gasteiger charge is -2.04. The fourth-order valence-corrected chi connectivity index (χ4v) is 2.76. The Hall–Kier alpha value is -2.65. The Morgan fingerprint density at radius 3 is 2.43 bits per heavy atom. The Labute approximate surface area is 131 Å². The van der Waals surface area contributed by atoms with Gasteiger partial charge in [0.25, 0.3) is 0 Å². The maximum absolute atomic E-state index is 12.8. The minimum atomic E-state index is -3.79. The first-order chi connectivity index (χ1) is 11.0. The summed E-state index contributed by atoms with van der Waals surface area (Å²) in [5.74, 6) is -0.131. The minimum Gasteiger partial charge on any atom is -0.419 e. The lowest BCUT2D eigenvalue weighted by atomic mass is 10.3. The standard InChI is InChI=1S/C14H11FN4O3S/c15-11-1-3-12(4-2-11)23(20,21)17-9-13-18-19-14(22-13)10-5-7-16-8-6-10/h1-8,17H,9H2. The van der Waals surface area contributed by atoms with Crippen LogP contribution in [0.3, 0.4) is 0 Å². The third-order valence-corrected chi connectivity index (χ3v) is 4.35. The van der Waals surface area contributed by atoms with Gasteiger partial charge in [0.05, 0.1) is 11.4 Å². The normalized spacial score (nSPS) is 11.5. The van der Waals surface area contributed by atoms with E-state index in [4.69, 9.17) is 4.42 Å². The van der Waals surface area contributed by atoms with Gasteiger partial charge < -0.3 is 4.42 Å². The predicted molar refractivity (Wildman–Crippen MR) is 78.0 cm³/mol. The Bertz CT molecular complexity index is 895. The Balaban J connectivity index is 1.71. The number of hydrogen-bond acceptors (Lipinski definition) is 6. The van der Waals surface area contributed by atoms with Gasteiger partial charge >= 0.3 is 0 Å². The molecule has 0 saturated carbocycles. The molecular weight excluding hydrogens is 323 g/mol. The summed E-state index contributed by atoms with van der Waals surface area (Å²) in [4.78, 5) is 3.83. The van der Waals surface area contributed by atoms with Gasteiger partial charge in [-0.05, 0) is 36.4 Å². The van der Waals surface area contributed by atoms with Crippen molar-refractivity contribution in [1.29, 1.82) is 0 Å². The Morgan fingerprint density at radius 2 is 1.74 bits per heavy atom. The molecule has 2 heterocycles. The maximum atomic E-state index is 12.8. The molecule has 0 aliphatic carbocycles. The van der Waals surface area contributed by atoms with Crippen LogP contribution >= 0.6 is 0 Å². The Morgan fingerprint density at radius 1 is 1.04 bits per heavy atom. The highest BCUT2D eigenvalue weighted by molar-refractivity contribution is 7.89. The number of nitrogens with zero attached hydrogens (tertiary/aromatic N) is 3. The monoisotopic (exact) mass is 334 g/mol. The SMILES string of the molecule is O=S(=O)(NCc1nnc(-c2ccncc2)o1)c1ccc(F)cc1. The number of pyridine rings is 1. The molecule has 9 heteroatoms. The molecule has 0 amide bonds. The zero-order valence-corrected chi connectivity index (χ0v) is 12.5. The molecule has 1 aromatic carbocycles. The fraction of sp³-hybridized carbons (Fsp3) is 0.0714. The van der Waals surface area contributed by atoms with Crippen LogP contribution < -0.4 is 4.72 Å². The van der Waals surface area contributed by atoms with E-state index in [1.54, 1.807) is 24.5 Å². The summed E-state index contributed by atoms with van der Waals surface area (Å²) in [6, 6.07) is 7.88. The molecule has 7 nitrogen and oxygen atoms in total. The maximum Gasteiger partial charge on any atom is 0.247 e. The van der Waals surface area contributed by atoms with Gasteiger partial charge in [-0.1, -0.05) is 0 Å². The van der Waals surface area contributed by atoms with Crippen LogP contribution in [0, 0.1) is 5.82 Å². The zero-order valence-electron chi connectivity index (χ0n) is 11.7. The van der Waals surface area contributed by atoms with Gasteiger partial charge in [0, 0.05) is 18.0 Å². The fourth-order valence-electron chi connectivity index (χ4n) is 1.79. The van der Waals surface area contributed by atoms with Crippen LogP contribution in [0.5, 0.6) is 0 Å². The summed E-state index contributed by atoms with van der Waals surface area (Å²) in [6.07, 6.45) is 3.16. The number of nitrogens with one attached hydrogen (secondary N) is 1. The van der Waals surface area contributed by atoms with Crippen LogP contribution in [0.4, 0.5) is 4.39 Å².